The first-order valence-corrected chi connectivity index (χ1v) is 0. The van der Waals surface area contributed by atoms with Gasteiger partial charge in [0.1, 0.15) is 0 Å². The largest absolute Gasteiger partial charge is 0.412 e. The fourth-order valence-corrected chi connectivity index (χ4v) is 0. The Balaban J connectivity index is 0. The van der Waals surface area contributed by atoms with Crippen LogP contribution in [0.25, 0.3) is 0 Å². The Morgan fingerprint density at radius 1 is 0.750 bits per heavy atom. The van der Waals surface area contributed by atoms with Gasteiger partial charge in [0.15, 0.2) is 0 Å². The predicted octanol–water partition coefficient (Wildman–Crippen LogP) is 0.0164. The maximum absolute atomic E-state index is 0. The molecule has 0 spiro atoms. The summed E-state index contributed by atoms with van der Waals surface area (Å²) in [7, 11) is 0. The Morgan fingerprint density at radius 2 is 0.750 bits per heavy atom. The van der Waals surface area contributed by atoms with Gasteiger partial charge in [-0.2, -0.15) is 0 Å². The summed E-state index contributed by atoms with van der Waals surface area (Å²) in [4.78, 5) is 0. The van der Waals surface area contributed by atoms with Crippen LogP contribution in [0.2, 0.25) is 0 Å². The zero-order chi connectivity index (χ0) is 0. The van der Waals surface area contributed by atoms with Gasteiger partial charge in [0, 0.05) is 21.1 Å². The molecule has 0 saturated heterocycles. The van der Waals surface area contributed by atoms with Crippen molar-refractivity contribution in [1.29, 1.82) is 0 Å². The van der Waals surface area contributed by atoms with Gasteiger partial charge in [-0.3, -0.25) is 0 Å². The Bertz CT molecular complexity index is 6.00. The van der Waals surface area contributed by atoms with Crippen molar-refractivity contribution in [2.24, 2.45) is 0 Å². The summed E-state index contributed by atoms with van der Waals surface area (Å²) in [6, 6.07) is 0. The normalized spacial score (nSPS) is 0. The number of halogens is 2. The molecule has 0 rings (SSSR count). The quantitative estimate of drug-likeness (QED) is 0.478. The van der Waals surface area contributed by atoms with E-state index in [1.54, 1.807) is 0 Å². The van der Waals surface area contributed by atoms with Crippen LogP contribution in [0.1, 0.15) is 0 Å². The van der Waals surface area contributed by atoms with Gasteiger partial charge in [0.05, 0.1) is 0 Å². The molecule has 4 heteroatoms. The summed E-state index contributed by atoms with van der Waals surface area (Å²) < 4.78 is 0. The van der Waals surface area contributed by atoms with Crippen LogP contribution < -0.4 is 0 Å². The first-order valence-electron chi connectivity index (χ1n) is 0. The summed E-state index contributed by atoms with van der Waals surface area (Å²) >= 11 is 0. The van der Waals surface area contributed by atoms with Crippen molar-refractivity contribution in [3.8, 4) is 0 Å². The van der Waals surface area contributed by atoms with E-state index in [0.717, 1.165) is 0 Å². The molecule has 2 N–H and O–H groups in total. The average Bonchev–Trinajstić information content (AvgIpc) is 0. The fourth-order valence-electron chi connectivity index (χ4n) is 0. The predicted molar refractivity (Wildman–Crippen MR) is 18.1 cm³/mol. The van der Waals surface area contributed by atoms with Crippen LogP contribution in [0.5, 0.6) is 0 Å². The van der Waals surface area contributed by atoms with Crippen LogP contribution in [-0.4, -0.2) is 5.48 Å². The van der Waals surface area contributed by atoms with Gasteiger partial charge in [0.25, 0.3) is 0 Å². The minimum Gasteiger partial charge on any atom is -0.412 e. The second kappa shape index (κ2) is 29.2. The topological polar surface area (TPSA) is 31.5 Å². The maximum Gasteiger partial charge on any atom is 0 e. The van der Waals surface area contributed by atoms with Crippen molar-refractivity contribution in [1.82, 2.24) is 0 Å². The second-order valence-electron chi connectivity index (χ2n) is 0. The van der Waals surface area contributed by atoms with Crippen LogP contribution in [-0.2, 0) is 21.1 Å². The van der Waals surface area contributed by atoms with Gasteiger partial charge < -0.3 is 5.48 Å². The van der Waals surface area contributed by atoms with E-state index in [2.05, 4.69) is 0 Å². The standard InChI is InChI=1S/2ClH.Mo.H2O/h2*1H;;1H2. The average molecular weight is 187 g/mol. The molecule has 1 nitrogen and oxygen atoms in total. The Hall–Kier alpha value is 1.23. The SMILES string of the molecule is Cl.Cl.O.[Mo]. The third-order valence-electron chi connectivity index (χ3n) is 0. The number of rotatable bonds is 0. The molecule has 0 aliphatic heterocycles. The molecule has 4 heavy (non-hydrogen) atoms. The van der Waals surface area contributed by atoms with Gasteiger partial charge in [-0.05, 0) is 0 Å². The molecule has 0 aromatic rings. The maximum atomic E-state index is 0. The molecule has 0 aliphatic rings. The van der Waals surface area contributed by atoms with E-state index in [1.807, 2.05) is 0 Å². The zero-order valence-electron chi connectivity index (χ0n) is 1.72. The molecular weight excluding hydrogens is 183 g/mol. The molecule has 0 saturated carbocycles. The molecule has 0 radical (unpaired) electrons. The second-order valence-corrected chi connectivity index (χ2v) is 0. The summed E-state index contributed by atoms with van der Waals surface area (Å²) in [5.41, 5.74) is 0. The monoisotopic (exact) mass is 188 g/mol. The Kier molecular flexibility index (Phi) is 452. The van der Waals surface area contributed by atoms with E-state index >= 15 is 0 Å². The van der Waals surface area contributed by atoms with Crippen LogP contribution in [0.3, 0.4) is 0 Å². The van der Waals surface area contributed by atoms with Gasteiger partial charge >= 0.3 is 0 Å². The van der Waals surface area contributed by atoms with E-state index in [0.29, 0.717) is 0 Å². The zero-order valence-corrected chi connectivity index (χ0v) is 5.36. The van der Waals surface area contributed by atoms with Crippen LogP contribution in [0.4, 0.5) is 0 Å². The molecule has 0 fully saturated rings. The fraction of sp³-hybridized carbons (Fsp3) is 0. The summed E-state index contributed by atoms with van der Waals surface area (Å²) in [5, 5.41) is 0. The first-order chi connectivity index (χ1) is 0. The molecule has 0 aromatic heterocycles. The molecule has 0 aliphatic carbocycles. The van der Waals surface area contributed by atoms with Crippen LogP contribution in [0, 0.1) is 0 Å². The van der Waals surface area contributed by atoms with E-state index < -0.39 is 0 Å². The van der Waals surface area contributed by atoms with Crippen LogP contribution in [0.15, 0.2) is 0 Å². The van der Waals surface area contributed by atoms with Crippen LogP contribution >= 0.6 is 24.8 Å². The van der Waals surface area contributed by atoms with Gasteiger partial charge in [0.2, 0.25) is 0 Å². The van der Waals surface area contributed by atoms with E-state index in [1.165, 1.54) is 0 Å². The minimum absolute atomic E-state index is 0. The van der Waals surface area contributed by atoms with Crippen molar-refractivity contribution in [3.63, 3.8) is 0 Å². The Morgan fingerprint density at radius 3 is 0.750 bits per heavy atom. The van der Waals surface area contributed by atoms with Crippen molar-refractivity contribution in [2.75, 3.05) is 0 Å². The van der Waals surface area contributed by atoms with E-state index in [-0.39, 0.29) is 51.4 Å². The molecule has 0 unspecified atom stereocenters. The van der Waals surface area contributed by atoms with E-state index in [9.17, 15) is 0 Å². The van der Waals surface area contributed by atoms with Crippen molar-refractivity contribution in [2.45, 2.75) is 0 Å². The molecule has 0 atom stereocenters. The van der Waals surface area contributed by atoms with Gasteiger partial charge in [-0.25, -0.2) is 0 Å². The molecular formula is H4Cl2MoO. The molecule has 30 valence electrons. The minimum atomic E-state index is 0. The van der Waals surface area contributed by atoms with Crippen molar-refractivity contribution >= 4 is 24.8 Å². The number of hydrogen-bond acceptors (Lipinski definition) is 0. The third-order valence-corrected chi connectivity index (χ3v) is 0. The summed E-state index contributed by atoms with van der Waals surface area (Å²) in [6.07, 6.45) is 0. The molecule has 0 amide bonds. The smallest absolute Gasteiger partial charge is 0 e. The number of hydrogen-bond donors (Lipinski definition) is 0. The first kappa shape index (κ1) is 62.0. The molecule has 0 bridgehead atoms. The van der Waals surface area contributed by atoms with E-state index in [4.69, 9.17) is 0 Å². The van der Waals surface area contributed by atoms with Crippen molar-refractivity contribution in [3.05, 3.63) is 0 Å². The van der Waals surface area contributed by atoms with Gasteiger partial charge in [-0.1, -0.05) is 0 Å². The molecule has 0 heterocycles. The summed E-state index contributed by atoms with van der Waals surface area (Å²) in [5.74, 6) is 0. The molecule has 0 aromatic carbocycles. The van der Waals surface area contributed by atoms with Crippen molar-refractivity contribution < 1.29 is 26.5 Å². The third kappa shape index (κ3) is 10.6. The van der Waals surface area contributed by atoms with Gasteiger partial charge in [-0.15, -0.1) is 24.8 Å². The summed E-state index contributed by atoms with van der Waals surface area (Å²) in [6.45, 7) is 0. The Labute approximate surface area is 51.5 Å².